The summed E-state index contributed by atoms with van der Waals surface area (Å²) in [4.78, 5) is 19.4. The Hall–Kier alpha value is -3.64. The highest BCUT2D eigenvalue weighted by Gasteiger charge is 2.42. The van der Waals surface area contributed by atoms with E-state index in [0.717, 1.165) is 27.8 Å². The zero-order chi connectivity index (χ0) is 22.4. The quantitative estimate of drug-likeness (QED) is 0.453. The molecule has 0 aliphatic carbocycles. The molecule has 160 valence electrons. The molecule has 4 aromatic rings. The number of rotatable bonds is 4. The van der Waals surface area contributed by atoms with Gasteiger partial charge in [0.1, 0.15) is 17.1 Å². The summed E-state index contributed by atoms with van der Waals surface area (Å²) < 4.78 is 0. The smallest absolute Gasteiger partial charge is 0.273 e. The summed E-state index contributed by atoms with van der Waals surface area (Å²) in [5, 5.41) is 18.7. The van der Waals surface area contributed by atoms with Crippen LogP contribution in [0, 0.1) is 13.8 Å². The number of aromatic hydroxyl groups is 1. The highest BCUT2D eigenvalue weighted by atomic mass is 35.5. The molecule has 0 saturated heterocycles. The molecule has 0 bridgehead atoms. The lowest BCUT2D eigenvalue weighted by Gasteiger charge is -2.26. The maximum absolute atomic E-state index is 13.4. The van der Waals surface area contributed by atoms with Crippen LogP contribution in [0.15, 0.2) is 60.9 Å². The first-order valence-electron chi connectivity index (χ1n) is 10.3. The number of fused-ring (bicyclic) bond motifs is 1. The van der Waals surface area contributed by atoms with E-state index in [0.29, 0.717) is 28.5 Å². The number of hydrogen-bond donors (Lipinski definition) is 2. The number of H-pyrrole nitrogens is 1. The lowest BCUT2D eigenvalue weighted by molar-refractivity contribution is 0.0730. The van der Waals surface area contributed by atoms with Gasteiger partial charge in [-0.3, -0.25) is 14.9 Å². The molecule has 2 aromatic carbocycles. The third kappa shape index (κ3) is 3.33. The number of nitrogens with zero attached hydrogens (tertiary/aromatic N) is 3. The highest BCUT2D eigenvalue weighted by Crippen LogP contribution is 2.45. The fraction of sp³-hybridized carbons (Fsp3) is 0.160. The van der Waals surface area contributed by atoms with Crippen molar-refractivity contribution >= 4 is 17.5 Å². The Morgan fingerprint density at radius 3 is 2.59 bits per heavy atom. The van der Waals surface area contributed by atoms with Gasteiger partial charge in [0.05, 0.1) is 6.04 Å². The third-order valence-electron chi connectivity index (χ3n) is 5.99. The number of carbonyl (C=O) groups is 1. The van der Waals surface area contributed by atoms with E-state index >= 15 is 0 Å². The molecule has 0 spiro atoms. The zero-order valence-corrected chi connectivity index (χ0v) is 18.4. The van der Waals surface area contributed by atoms with Crippen LogP contribution in [0.5, 0.6) is 5.75 Å². The van der Waals surface area contributed by atoms with Crippen LogP contribution in [0.1, 0.15) is 44.3 Å². The third-order valence-corrected chi connectivity index (χ3v) is 6.24. The SMILES string of the molecule is Cc1cc(O)c(-c2n[nH]c3c2[C@H](c2ccc(Cl)cc2)N(Cc2cccnc2)C3=O)cc1C. The van der Waals surface area contributed by atoms with Crippen LogP contribution in [0.2, 0.25) is 5.02 Å². The van der Waals surface area contributed by atoms with Gasteiger partial charge in [0.2, 0.25) is 0 Å². The van der Waals surface area contributed by atoms with Crippen LogP contribution in [0.4, 0.5) is 0 Å². The van der Waals surface area contributed by atoms with Crippen LogP contribution in [0.25, 0.3) is 11.3 Å². The predicted molar refractivity (Wildman–Crippen MR) is 123 cm³/mol. The first-order chi connectivity index (χ1) is 15.4. The number of carbonyl (C=O) groups excluding carboxylic acids is 1. The number of nitrogens with one attached hydrogen (secondary N) is 1. The van der Waals surface area contributed by atoms with Crippen LogP contribution in [-0.2, 0) is 6.54 Å². The topological polar surface area (TPSA) is 82.1 Å². The first kappa shape index (κ1) is 20.3. The average molecular weight is 445 g/mol. The number of aryl methyl sites for hydroxylation is 2. The molecule has 0 fully saturated rings. The van der Waals surface area contributed by atoms with Crippen molar-refractivity contribution in [2.45, 2.75) is 26.4 Å². The fourth-order valence-corrected chi connectivity index (χ4v) is 4.36. The molecule has 1 aliphatic heterocycles. The Kier molecular flexibility index (Phi) is 4.94. The van der Waals surface area contributed by atoms with Crippen molar-refractivity contribution in [3.05, 3.63) is 99.5 Å². The van der Waals surface area contributed by atoms with Crippen molar-refractivity contribution in [1.29, 1.82) is 0 Å². The summed E-state index contributed by atoms with van der Waals surface area (Å²) in [6, 6.07) is 14.5. The summed E-state index contributed by atoms with van der Waals surface area (Å²) in [6.45, 7) is 4.33. The average Bonchev–Trinajstić information content (AvgIpc) is 3.32. The van der Waals surface area contributed by atoms with E-state index in [9.17, 15) is 9.90 Å². The number of pyridine rings is 1. The van der Waals surface area contributed by atoms with Gasteiger partial charge in [0, 0.05) is 35.1 Å². The molecule has 6 nitrogen and oxygen atoms in total. The van der Waals surface area contributed by atoms with Gasteiger partial charge in [-0.25, -0.2) is 0 Å². The highest BCUT2D eigenvalue weighted by molar-refractivity contribution is 6.30. The first-order valence-corrected chi connectivity index (χ1v) is 10.7. The van der Waals surface area contributed by atoms with E-state index in [1.54, 1.807) is 23.4 Å². The largest absolute Gasteiger partial charge is 0.507 e. The molecule has 7 heteroatoms. The number of benzene rings is 2. The summed E-state index contributed by atoms with van der Waals surface area (Å²) in [5.74, 6) is -0.0127. The zero-order valence-electron chi connectivity index (χ0n) is 17.6. The van der Waals surface area contributed by atoms with Crippen molar-refractivity contribution in [3.63, 3.8) is 0 Å². The Labute approximate surface area is 190 Å². The lowest BCUT2D eigenvalue weighted by Crippen LogP contribution is -2.29. The molecule has 0 radical (unpaired) electrons. The molecule has 2 N–H and O–H groups in total. The lowest BCUT2D eigenvalue weighted by atomic mass is 9.94. The summed E-state index contributed by atoms with van der Waals surface area (Å²) >= 11 is 6.13. The number of halogens is 1. The Morgan fingerprint density at radius 1 is 1.12 bits per heavy atom. The number of amides is 1. The standard InChI is InChI=1S/C25H21ClN4O2/c1-14-10-19(20(31)11-15(14)2)22-21-23(29-28-22)25(32)30(13-16-4-3-9-27-12-16)24(21)17-5-7-18(26)8-6-17/h3-12,24,31H,13H2,1-2H3,(H,28,29)/t24-/m0/s1. The van der Waals surface area contributed by atoms with E-state index in [1.807, 2.05) is 56.3 Å². The minimum Gasteiger partial charge on any atom is -0.507 e. The van der Waals surface area contributed by atoms with E-state index in [2.05, 4.69) is 15.2 Å². The molecule has 32 heavy (non-hydrogen) atoms. The molecule has 1 amide bonds. The summed E-state index contributed by atoms with van der Waals surface area (Å²) in [5.41, 5.74) is 6.21. The van der Waals surface area contributed by atoms with E-state index in [-0.39, 0.29) is 17.7 Å². The van der Waals surface area contributed by atoms with E-state index in [1.165, 1.54) is 0 Å². The maximum atomic E-state index is 13.4. The number of hydrogen-bond acceptors (Lipinski definition) is 4. The number of phenols is 1. The van der Waals surface area contributed by atoms with Crippen molar-refractivity contribution < 1.29 is 9.90 Å². The van der Waals surface area contributed by atoms with Crippen LogP contribution < -0.4 is 0 Å². The second kappa shape index (κ2) is 7.80. The summed E-state index contributed by atoms with van der Waals surface area (Å²) in [7, 11) is 0. The van der Waals surface area contributed by atoms with Crippen molar-refractivity contribution in [2.24, 2.45) is 0 Å². The number of aromatic nitrogens is 3. The molecule has 0 unspecified atom stereocenters. The van der Waals surface area contributed by atoms with Gasteiger partial charge in [-0.2, -0.15) is 5.10 Å². The molecule has 1 atom stereocenters. The van der Waals surface area contributed by atoms with Gasteiger partial charge in [-0.15, -0.1) is 0 Å². The Balaban J connectivity index is 1.68. The predicted octanol–water partition coefficient (Wildman–Crippen LogP) is 5.19. The normalized spacial score (nSPS) is 15.3. The maximum Gasteiger partial charge on any atom is 0.273 e. The molecule has 1 aliphatic rings. The van der Waals surface area contributed by atoms with Crippen molar-refractivity contribution in [3.8, 4) is 17.0 Å². The molecular weight excluding hydrogens is 424 g/mol. The van der Waals surface area contributed by atoms with Crippen LogP contribution in [-0.4, -0.2) is 31.1 Å². The van der Waals surface area contributed by atoms with E-state index < -0.39 is 0 Å². The number of phenolic OH excluding ortho intramolecular Hbond substituents is 1. The molecule has 2 aromatic heterocycles. The van der Waals surface area contributed by atoms with Gasteiger partial charge in [0.15, 0.2) is 0 Å². The van der Waals surface area contributed by atoms with Gasteiger partial charge in [-0.05, 0) is 66.4 Å². The Morgan fingerprint density at radius 2 is 1.88 bits per heavy atom. The molecule has 3 heterocycles. The van der Waals surface area contributed by atoms with Crippen LogP contribution >= 0.6 is 11.6 Å². The monoisotopic (exact) mass is 444 g/mol. The minimum absolute atomic E-state index is 0.135. The van der Waals surface area contributed by atoms with E-state index in [4.69, 9.17) is 11.6 Å². The van der Waals surface area contributed by atoms with Gasteiger partial charge in [0.25, 0.3) is 5.91 Å². The van der Waals surface area contributed by atoms with Gasteiger partial charge in [-0.1, -0.05) is 29.8 Å². The van der Waals surface area contributed by atoms with Crippen molar-refractivity contribution in [2.75, 3.05) is 0 Å². The minimum atomic E-state index is -0.385. The Bertz CT molecular complexity index is 1320. The van der Waals surface area contributed by atoms with Gasteiger partial charge < -0.3 is 10.0 Å². The molecule has 5 rings (SSSR count). The van der Waals surface area contributed by atoms with Gasteiger partial charge >= 0.3 is 0 Å². The van der Waals surface area contributed by atoms with Crippen molar-refractivity contribution in [1.82, 2.24) is 20.1 Å². The second-order valence-corrected chi connectivity index (χ2v) is 8.50. The second-order valence-electron chi connectivity index (χ2n) is 8.06. The molecule has 0 saturated carbocycles. The molecular formula is C25H21ClN4O2. The fourth-order valence-electron chi connectivity index (χ4n) is 4.24. The summed E-state index contributed by atoms with van der Waals surface area (Å²) in [6.07, 6.45) is 3.46. The van der Waals surface area contributed by atoms with Crippen LogP contribution in [0.3, 0.4) is 0 Å². The number of aromatic amines is 1.